The second-order valence-corrected chi connectivity index (χ2v) is 8.74. The van der Waals surface area contributed by atoms with Crippen LogP contribution in [0.2, 0.25) is 0 Å². The molecule has 1 aliphatic rings. The molecule has 0 saturated carbocycles. The first-order chi connectivity index (χ1) is 14.8. The number of nitrogens with zero attached hydrogens (tertiary/aromatic N) is 1. The summed E-state index contributed by atoms with van der Waals surface area (Å²) in [6, 6.07) is 31.6. The summed E-state index contributed by atoms with van der Waals surface area (Å²) in [5, 5.41) is 3.61. The van der Waals surface area contributed by atoms with E-state index in [9.17, 15) is 4.79 Å². The lowest BCUT2D eigenvalue weighted by molar-refractivity contribution is -0.131. The zero-order chi connectivity index (χ0) is 20.6. The number of hydrogen-bond acceptors (Lipinski definition) is 3. The summed E-state index contributed by atoms with van der Waals surface area (Å²) >= 11 is 1.73. The van der Waals surface area contributed by atoms with Gasteiger partial charge in [-0.1, -0.05) is 91.0 Å². The van der Waals surface area contributed by atoms with Gasteiger partial charge in [0, 0.05) is 25.7 Å². The Bertz CT molecular complexity index is 878. The van der Waals surface area contributed by atoms with E-state index in [4.69, 9.17) is 0 Å². The van der Waals surface area contributed by atoms with Crippen LogP contribution >= 0.6 is 11.8 Å². The van der Waals surface area contributed by atoms with E-state index in [0.717, 1.165) is 26.1 Å². The Morgan fingerprint density at radius 1 is 0.900 bits per heavy atom. The maximum absolute atomic E-state index is 13.2. The molecule has 0 spiro atoms. The number of rotatable bonds is 7. The molecule has 0 bridgehead atoms. The van der Waals surface area contributed by atoms with Crippen LogP contribution in [0.4, 0.5) is 0 Å². The SMILES string of the molecule is O=C(CSC(c1ccccc1)c1ccccc1)N1CCNC[C@H]1Cc1ccccc1. The summed E-state index contributed by atoms with van der Waals surface area (Å²) in [5.74, 6) is 0.721. The predicted molar refractivity (Wildman–Crippen MR) is 126 cm³/mol. The first-order valence-corrected chi connectivity index (χ1v) is 11.6. The van der Waals surface area contributed by atoms with Crippen molar-refractivity contribution in [1.29, 1.82) is 0 Å². The molecule has 1 saturated heterocycles. The van der Waals surface area contributed by atoms with Crippen molar-refractivity contribution in [3.05, 3.63) is 108 Å². The fourth-order valence-corrected chi connectivity index (χ4v) is 5.21. The van der Waals surface area contributed by atoms with Gasteiger partial charge in [-0.05, 0) is 23.1 Å². The van der Waals surface area contributed by atoms with Crippen LogP contribution in [0.3, 0.4) is 0 Å². The lowest BCUT2D eigenvalue weighted by atomic mass is 10.0. The van der Waals surface area contributed by atoms with Crippen LogP contribution in [0.25, 0.3) is 0 Å². The normalized spacial score (nSPS) is 16.6. The summed E-state index contributed by atoms with van der Waals surface area (Å²) in [6.45, 7) is 2.49. The van der Waals surface area contributed by atoms with Crippen LogP contribution < -0.4 is 5.32 Å². The van der Waals surface area contributed by atoms with E-state index < -0.39 is 0 Å². The summed E-state index contributed by atoms with van der Waals surface area (Å²) in [5.41, 5.74) is 3.76. The van der Waals surface area contributed by atoms with Gasteiger partial charge in [0.15, 0.2) is 0 Å². The van der Waals surface area contributed by atoms with Crippen LogP contribution in [-0.4, -0.2) is 42.2 Å². The molecular weight excluding hydrogens is 388 g/mol. The van der Waals surface area contributed by atoms with E-state index in [-0.39, 0.29) is 17.2 Å². The zero-order valence-corrected chi connectivity index (χ0v) is 17.9. The first-order valence-electron chi connectivity index (χ1n) is 10.6. The van der Waals surface area contributed by atoms with Gasteiger partial charge >= 0.3 is 0 Å². The van der Waals surface area contributed by atoms with E-state index in [2.05, 4.69) is 83.0 Å². The number of hydrogen-bond donors (Lipinski definition) is 1. The zero-order valence-electron chi connectivity index (χ0n) is 17.1. The average Bonchev–Trinajstić information content (AvgIpc) is 2.81. The lowest BCUT2D eigenvalue weighted by Crippen LogP contribution is -2.55. The molecule has 4 heteroatoms. The molecule has 3 aromatic rings. The van der Waals surface area contributed by atoms with Crippen LogP contribution in [0.15, 0.2) is 91.0 Å². The van der Waals surface area contributed by atoms with Gasteiger partial charge in [-0.25, -0.2) is 0 Å². The Hall–Kier alpha value is -2.56. The van der Waals surface area contributed by atoms with Crippen molar-refractivity contribution >= 4 is 17.7 Å². The number of carbonyl (C=O) groups is 1. The fourth-order valence-electron chi connectivity index (χ4n) is 4.04. The summed E-state index contributed by atoms with van der Waals surface area (Å²) in [4.78, 5) is 15.3. The molecule has 0 unspecified atom stereocenters. The molecule has 1 heterocycles. The first kappa shape index (κ1) is 20.7. The van der Waals surface area contributed by atoms with Gasteiger partial charge in [0.05, 0.1) is 11.0 Å². The van der Waals surface area contributed by atoms with E-state index >= 15 is 0 Å². The van der Waals surface area contributed by atoms with Crippen LogP contribution in [0, 0.1) is 0 Å². The van der Waals surface area contributed by atoms with E-state index in [1.54, 1.807) is 11.8 Å². The number of thioether (sulfide) groups is 1. The minimum absolute atomic E-state index is 0.159. The quantitative estimate of drug-likeness (QED) is 0.613. The van der Waals surface area contributed by atoms with Crippen molar-refractivity contribution in [3.8, 4) is 0 Å². The highest BCUT2D eigenvalue weighted by Gasteiger charge is 2.27. The Morgan fingerprint density at radius 2 is 1.47 bits per heavy atom. The smallest absolute Gasteiger partial charge is 0.232 e. The highest BCUT2D eigenvalue weighted by atomic mass is 32.2. The lowest BCUT2D eigenvalue weighted by Gasteiger charge is -2.36. The maximum Gasteiger partial charge on any atom is 0.232 e. The Balaban J connectivity index is 1.45. The van der Waals surface area contributed by atoms with Gasteiger partial charge < -0.3 is 10.2 Å². The number of carbonyl (C=O) groups excluding carboxylic acids is 1. The topological polar surface area (TPSA) is 32.3 Å². The van der Waals surface area contributed by atoms with Crippen molar-refractivity contribution in [1.82, 2.24) is 10.2 Å². The van der Waals surface area contributed by atoms with Gasteiger partial charge in [0.25, 0.3) is 0 Å². The highest BCUT2D eigenvalue weighted by molar-refractivity contribution is 8.00. The van der Waals surface area contributed by atoms with Gasteiger partial charge in [-0.15, -0.1) is 11.8 Å². The number of benzene rings is 3. The third-order valence-corrected chi connectivity index (χ3v) is 6.85. The van der Waals surface area contributed by atoms with E-state index in [0.29, 0.717) is 5.75 Å². The van der Waals surface area contributed by atoms with Crippen molar-refractivity contribution < 1.29 is 4.79 Å². The minimum atomic E-state index is 0.159. The second kappa shape index (κ2) is 10.5. The molecule has 1 fully saturated rings. The molecule has 3 aromatic carbocycles. The molecule has 0 aliphatic carbocycles. The predicted octanol–water partition coefficient (Wildman–Crippen LogP) is 4.55. The summed E-state index contributed by atoms with van der Waals surface area (Å²) in [6.07, 6.45) is 0.894. The molecule has 4 rings (SSSR count). The van der Waals surface area contributed by atoms with Gasteiger partial charge in [-0.2, -0.15) is 0 Å². The number of nitrogens with one attached hydrogen (secondary N) is 1. The molecule has 0 radical (unpaired) electrons. The number of piperazine rings is 1. The fraction of sp³-hybridized carbons (Fsp3) is 0.269. The minimum Gasteiger partial charge on any atom is -0.336 e. The Kier molecular flexibility index (Phi) is 7.22. The molecule has 1 N–H and O–H groups in total. The Labute approximate surface area is 183 Å². The molecule has 1 amide bonds. The number of amides is 1. The monoisotopic (exact) mass is 416 g/mol. The molecule has 3 nitrogen and oxygen atoms in total. The Morgan fingerprint density at radius 3 is 2.07 bits per heavy atom. The molecule has 30 heavy (non-hydrogen) atoms. The van der Waals surface area contributed by atoms with Gasteiger partial charge in [0.1, 0.15) is 0 Å². The summed E-state index contributed by atoms with van der Waals surface area (Å²) in [7, 11) is 0. The standard InChI is InChI=1S/C26H28N2OS/c29-25(28-17-16-27-19-24(28)18-21-10-4-1-5-11-21)20-30-26(22-12-6-2-7-13-22)23-14-8-3-9-15-23/h1-15,24,26-27H,16-20H2/t24-/m1/s1. The maximum atomic E-state index is 13.2. The molecular formula is C26H28N2OS. The molecule has 1 atom stereocenters. The van der Waals surface area contributed by atoms with Crippen molar-refractivity contribution in [2.75, 3.05) is 25.4 Å². The van der Waals surface area contributed by atoms with E-state index in [1.807, 2.05) is 18.2 Å². The van der Waals surface area contributed by atoms with Crippen molar-refractivity contribution in [3.63, 3.8) is 0 Å². The van der Waals surface area contributed by atoms with E-state index in [1.165, 1.54) is 16.7 Å². The third kappa shape index (κ3) is 5.32. The van der Waals surface area contributed by atoms with Crippen molar-refractivity contribution in [2.45, 2.75) is 17.7 Å². The van der Waals surface area contributed by atoms with Crippen molar-refractivity contribution in [2.24, 2.45) is 0 Å². The molecule has 0 aromatic heterocycles. The summed E-state index contributed by atoms with van der Waals surface area (Å²) < 4.78 is 0. The van der Waals surface area contributed by atoms with Crippen LogP contribution in [-0.2, 0) is 11.2 Å². The average molecular weight is 417 g/mol. The molecule has 154 valence electrons. The largest absolute Gasteiger partial charge is 0.336 e. The van der Waals surface area contributed by atoms with Crippen LogP contribution in [0.1, 0.15) is 21.9 Å². The second-order valence-electron chi connectivity index (χ2n) is 7.65. The highest BCUT2D eigenvalue weighted by Crippen LogP contribution is 2.35. The van der Waals surface area contributed by atoms with Gasteiger partial charge in [-0.3, -0.25) is 4.79 Å². The van der Waals surface area contributed by atoms with Gasteiger partial charge in [0.2, 0.25) is 5.91 Å². The molecule has 1 aliphatic heterocycles. The van der Waals surface area contributed by atoms with Crippen LogP contribution in [0.5, 0.6) is 0 Å². The third-order valence-electron chi connectivity index (χ3n) is 5.56.